The zero-order valence-electron chi connectivity index (χ0n) is 16.3. The molecule has 0 N–H and O–H groups in total. The summed E-state index contributed by atoms with van der Waals surface area (Å²) in [7, 11) is 0. The lowest BCUT2D eigenvalue weighted by Crippen LogP contribution is -2.50. The lowest BCUT2D eigenvalue weighted by atomic mass is 10.1. The Kier molecular flexibility index (Phi) is 6.48. The van der Waals surface area contributed by atoms with Gasteiger partial charge in [-0.15, -0.1) is 0 Å². The highest BCUT2D eigenvalue weighted by molar-refractivity contribution is 8.00. The van der Waals surface area contributed by atoms with Gasteiger partial charge in [-0.2, -0.15) is 13.2 Å². The van der Waals surface area contributed by atoms with Gasteiger partial charge in [0.1, 0.15) is 5.69 Å². The van der Waals surface area contributed by atoms with Gasteiger partial charge in [0, 0.05) is 18.7 Å². The summed E-state index contributed by atoms with van der Waals surface area (Å²) >= 11 is 0.933. The molecular formula is C20H22F3N3O2S. The number of carbonyl (C=O) groups is 1. The maximum Gasteiger partial charge on any atom is 0.433 e. The third-order valence-corrected chi connectivity index (χ3v) is 5.38. The van der Waals surface area contributed by atoms with Crippen molar-refractivity contribution in [2.75, 3.05) is 13.1 Å². The van der Waals surface area contributed by atoms with E-state index in [1.807, 2.05) is 13.8 Å². The predicted molar refractivity (Wildman–Crippen MR) is 104 cm³/mol. The highest BCUT2D eigenvalue weighted by atomic mass is 32.2. The third-order valence-electron chi connectivity index (χ3n) is 4.43. The average Bonchev–Trinajstić information content (AvgIpc) is 2.66. The first-order chi connectivity index (χ1) is 13.6. The van der Waals surface area contributed by atoms with Crippen LogP contribution in [0.4, 0.5) is 13.2 Å². The minimum Gasteiger partial charge on any atom is -0.372 e. The molecule has 29 heavy (non-hydrogen) atoms. The molecule has 9 heteroatoms. The summed E-state index contributed by atoms with van der Waals surface area (Å²) in [5.74, 6) is -0.167. The van der Waals surface area contributed by atoms with Gasteiger partial charge < -0.3 is 9.64 Å². The average molecular weight is 425 g/mol. The second-order valence-corrected chi connectivity index (χ2v) is 8.35. The third kappa shape index (κ3) is 5.48. The molecule has 1 aromatic heterocycles. The van der Waals surface area contributed by atoms with Crippen LogP contribution in [0, 0.1) is 0 Å². The molecule has 3 atom stereocenters. The number of benzene rings is 1. The zero-order valence-corrected chi connectivity index (χ0v) is 17.1. The molecule has 1 aliphatic heterocycles. The van der Waals surface area contributed by atoms with Crippen LogP contribution in [-0.2, 0) is 15.7 Å². The van der Waals surface area contributed by atoms with Crippen molar-refractivity contribution >= 4 is 17.7 Å². The maximum absolute atomic E-state index is 13.3. The molecule has 0 spiro atoms. The van der Waals surface area contributed by atoms with Gasteiger partial charge in [-0.25, -0.2) is 9.97 Å². The van der Waals surface area contributed by atoms with Crippen molar-refractivity contribution in [2.45, 2.75) is 49.6 Å². The van der Waals surface area contributed by atoms with Crippen molar-refractivity contribution < 1.29 is 22.7 Å². The number of morpholine rings is 1. The summed E-state index contributed by atoms with van der Waals surface area (Å²) in [5.41, 5.74) is -0.303. The van der Waals surface area contributed by atoms with Crippen LogP contribution in [-0.4, -0.2) is 51.3 Å². The van der Waals surface area contributed by atoms with Crippen molar-refractivity contribution in [1.29, 1.82) is 0 Å². The Balaban J connectivity index is 1.85. The first-order valence-corrected chi connectivity index (χ1v) is 10.1. The van der Waals surface area contributed by atoms with Gasteiger partial charge in [0.2, 0.25) is 5.91 Å². The Bertz CT molecular complexity index is 854. The molecule has 2 heterocycles. The van der Waals surface area contributed by atoms with Crippen LogP contribution in [0.3, 0.4) is 0 Å². The standard InChI is InChI=1S/C20H22F3N3O2S/c1-12-10-26(11-13(2)28-12)18(27)14(3)29-19-24-16(15-7-5-4-6-8-15)9-17(25-19)20(21,22)23/h4-9,12-14H,10-11H2,1-3H3/t12-,13-,14+/m0/s1. The molecule has 1 amide bonds. The summed E-state index contributed by atoms with van der Waals surface area (Å²) in [4.78, 5) is 22.4. The van der Waals surface area contributed by atoms with Crippen LogP contribution in [0.2, 0.25) is 0 Å². The Morgan fingerprint density at radius 2 is 1.79 bits per heavy atom. The number of carbonyl (C=O) groups excluding carboxylic acids is 1. The minimum atomic E-state index is -4.61. The van der Waals surface area contributed by atoms with Crippen LogP contribution < -0.4 is 0 Å². The highest BCUT2D eigenvalue weighted by Crippen LogP contribution is 2.33. The van der Waals surface area contributed by atoms with E-state index in [2.05, 4.69) is 9.97 Å². The molecule has 2 aromatic rings. The summed E-state index contributed by atoms with van der Waals surface area (Å²) in [5, 5.41) is -0.700. The molecule has 156 valence electrons. The van der Waals surface area contributed by atoms with Gasteiger partial charge in [-0.3, -0.25) is 4.79 Å². The van der Waals surface area contributed by atoms with Crippen molar-refractivity contribution in [3.8, 4) is 11.3 Å². The fourth-order valence-electron chi connectivity index (χ4n) is 3.20. The van der Waals surface area contributed by atoms with Gasteiger partial charge in [-0.05, 0) is 26.8 Å². The largest absolute Gasteiger partial charge is 0.433 e. The summed E-state index contributed by atoms with van der Waals surface area (Å²) in [6.07, 6.45) is -4.78. The quantitative estimate of drug-likeness (QED) is 0.541. The van der Waals surface area contributed by atoms with Crippen molar-refractivity contribution in [2.24, 2.45) is 0 Å². The van der Waals surface area contributed by atoms with E-state index in [4.69, 9.17) is 4.74 Å². The summed E-state index contributed by atoms with van der Waals surface area (Å²) in [6, 6.07) is 9.52. The first-order valence-electron chi connectivity index (χ1n) is 9.26. The van der Waals surface area contributed by atoms with E-state index in [0.717, 1.165) is 17.8 Å². The van der Waals surface area contributed by atoms with E-state index in [9.17, 15) is 18.0 Å². The molecule has 1 aromatic carbocycles. The van der Waals surface area contributed by atoms with Gasteiger partial charge in [0.15, 0.2) is 5.16 Å². The molecule has 0 radical (unpaired) electrons. The smallest absolute Gasteiger partial charge is 0.372 e. The number of ether oxygens (including phenoxy) is 1. The lowest BCUT2D eigenvalue weighted by Gasteiger charge is -2.36. The molecule has 0 saturated carbocycles. The Hall–Kier alpha value is -2.13. The number of hydrogen-bond donors (Lipinski definition) is 0. The van der Waals surface area contributed by atoms with Crippen LogP contribution in [0.15, 0.2) is 41.6 Å². The van der Waals surface area contributed by atoms with E-state index in [1.54, 1.807) is 42.2 Å². The Morgan fingerprint density at radius 1 is 1.17 bits per heavy atom. The molecule has 0 bridgehead atoms. The van der Waals surface area contributed by atoms with Crippen molar-refractivity contribution in [1.82, 2.24) is 14.9 Å². The number of aromatic nitrogens is 2. The zero-order chi connectivity index (χ0) is 21.2. The SMILES string of the molecule is C[C@H]1CN(C(=O)[C@@H](C)Sc2nc(-c3ccccc3)cc(C(F)(F)F)n2)C[C@H](C)O1. The van der Waals surface area contributed by atoms with Gasteiger partial charge in [0.25, 0.3) is 0 Å². The summed E-state index contributed by atoms with van der Waals surface area (Å²) < 4.78 is 45.7. The molecule has 3 rings (SSSR count). The number of halogens is 3. The van der Waals surface area contributed by atoms with E-state index in [1.165, 1.54) is 0 Å². The fraction of sp³-hybridized carbons (Fsp3) is 0.450. The number of thioether (sulfide) groups is 1. The molecule has 1 saturated heterocycles. The minimum absolute atomic E-state index is 0.0751. The second-order valence-electron chi connectivity index (χ2n) is 7.05. The predicted octanol–water partition coefficient (Wildman–Crippen LogP) is 4.28. The normalized spacial score (nSPS) is 21.1. The monoisotopic (exact) mass is 425 g/mol. The molecular weight excluding hydrogens is 403 g/mol. The lowest BCUT2D eigenvalue weighted by molar-refractivity contribution is -0.142. The van der Waals surface area contributed by atoms with Gasteiger partial charge >= 0.3 is 6.18 Å². The molecule has 1 fully saturated rings. The molecule has 5 nitrogen and oxygen atoms in total. The topological polar surface area (TPSA) is 55.3 Å². The Labute approximate surface area is 171 Å². The van der Waals surface area contributed by atoms with Gasteiger partial charge in [0.05, 0.1) is 23.2 Å². The van der Waals surface area contributed by atoms with Crippen LogP contribution in [0.5, 0.6) is 0 Å². The van der Waals surface area contributed by atoms with Gasteiger partial charge in [-0.1, -0.05) is 42.1 Å². The molecule has 0 aliphatic carbocycles. The van der Waals surface area contributed by atoms with E-state index in [-0.39, 0.29) is 29.0 Å². The number of nitrogens with zero attached hydrogens (tertiary/aromatic N) is 3. The highest BCUT2D eigenvalue weighted by Gasteiger charge is 2.35. The maximum atomic E-state index is 13.3. The fourth-order valence-corrected chi connectivity index (χ4v) is 4.07. The van der Waals surface area contributed by atoms with E-state index in [0.29, 0.717) is 18.7 Å². The number of amides is 1. The van der Waals surface area contributed by atoms with Crippen LogP contribution in [0.25, 0.3) is 11.3 Å². The number of hydrogen-bond acceptors (Lipinski definition) is 5. The summed E-state index contributed by atoms with van der Waals surface area (Å²) in [6.45, 7) is 6.33. The van der Waals surface area contributed by atoms with Crippen LogP contribution in [0.1, 0.15) is 26.5 Å². The first kappa shape index (κ1) is 21.6. The van der Waals surface area contributed by atoms with E-state index >= 15 is 0 Å². The van der Waals surface area contributed by atoms with Crippen LogP contribution >= 0.6 is 11.8 Å². The Morgan fingerprint density at radius 3 is 2.38 bits per heavy atom. The van der Waals surface area contributed by atoms with Crippen molar-refractivity contribution in [3.05, 3.63) is 42.1 Å². The van der Waals surface area contributed by atoms with E-state index < -0.39 is 17.1 Å². The number of alkyl halides is 3. The molecule has 0 unspecified atom stereocenters. The van der Waals surface area contributed by atoms with Crippen molar-refractivity contribution in [3.63, 3.8) is 0 Å². The second kappa shape index (κ2) is 8.71. The number of rotatable bonds is 4. The molecule has 1 aliphatic rings.